The highest BCUT2D eigenvalue weighted by Crippen LogP contribution is 2.28. The van der Waals surface area contributed by atoms with Crippen LogP contribution in [0.15, 0.2) is 12.1 Å². The molecule has 2 N–H and O–H groups in total. The number of benzene rings is 1. The van der Waals surface area contributed by atoms with Crippen LogP contribution in [-0.2, 0) is 11.2 Å². The molecule has 0 saturated heterocycles. The summed E-state index contributed by atoms with van der Waals surface area (Å²) in [6.45, 7) is 9.15. The molecule has 0 aliphatic rings. The molecule has 6 nitrogen and oxygen atoms in total. The van der Waals surface area contributed by atoms with Crippen molar-refractivity contribution in [3.05, 3.63) is 28.3 Å². The van der Waals surface area contributed by atoms with Crippen LogP contribution in [0.3, 0.4) is 0 Å². The fourth-order valence-corrected chi connectivity index (χ4v) is 2.25. The van der Waals surface area contributed by atoms with E-state index < -0.39 is 17.7 Å². The number of carbonyl (C=O) groups excluding carboxylic acids is 1. The van der Waals surface area contributed by atoms with E-state index >= 15 is 0 Å². The van der Waals surface area contributed by atoms with Gasteiger partial charge in [0.2, 0.25) is 0 Å². The van der Waals surface area contributed by atoms with Gasteiger partial charge in [-0.15, -0.1) is 0 Å². The van der Waals surface area contributed by atoms with E-state index in [1.54, 1.807) is 33.8 Å². The minimum absolute atomic E-state index is 0.00114. The van der Waals surface area contributed by atoms with Gasteiger partial charge in [0, 0.05) is 0 Å². The minimum atomic E-state index is -1.11. The van der Waals surface area contributed by atoms with Crippen molar-refractivity contribution >= 4 is 23.7 Å². The third-order valence-corrected chi connectivity index (χ3v) is 3.44. The van der Waals surface area contributed by atoms with Crippen LogP contribution in [-0.4, -0.2) is 35.4 Å². The molecular weight excluding hydrogens is 334 g/mol. The maximum atomic E-state index is 11.7. The van der Waals surface area contributed by atoms with Crippen molar-refractivity contribution < 1.29 is 24.2 Å². The third kappa shape index (κ3) is 6.28. The quantitative estimate of drug-likeness (QED) is 0.806. The molecule has 0 fully saturated rings. The van der Waals surface area contributed by atoms with Crippen LogP contribution in [0.4, 0.5) is 4.79 Å². The monoisotopic (exact) mass is 357 g/mol. The number of carboxylic acid groups (broad SMARTS) is 1. The van der Waals surface area contributed by atoms with Gasteiger partial charge in [0.1, 0.15) is 18.0 Å². The van der Waals surface area contributed by atoms with Crippen LogP contribution in [0.5, 0.6) is 5.75 Å². The van der Waals surface area contributed by atoms with E-state index in [4.69, 9.17) is 21.1 Å². The molecule has 0 aliphatic heterocycles. The summed E-state index contributed by atoms with van der Waals surface area (Å²) in [6, 6.07) is 2.77. The van der Waals surface area contributed by atoms with Gasteiger partial charge >= 0.3 is 12.1 Å². The van der Waals surface area contributed by atoms with Crippen LogP contribution in [0.2, 0.25) is 5.02 Å². The van der Waals surface area contributed by atoms with Gasteiger partial charge in [0.15, 0.2) is 0 Å². The predicted molar refractivity (Wildman–Crippen MR) is 92.1 cm³/mol. The Kier molecular flexibility index (Phi) is 6.90. The van der Waals surface area contributed by atoms with Gasteiger partial charge in [0.05, 0.1) is 16.6 Å². The molecule has 7 heteroatoms. The lowest BCUT2D eigenvalue weighted by Crippen LogP contribution is -2.40. The molecule has 1 atom stereocenters. The standard InChI is InChI=1S/C17H24ClNO5/c1-6-11-7-12(8-13(14(11)18)15(20)21)23-9-10(2)19-16(22)24-17(3,4)5/h7-8,10H,6,9H2,1-5H3,(H,19,22)(H,20,21)/t10-/m0/s1. The Morgan fingerprint density at radius 1 is 1.33 bits per heavy atom. The number of carbonyl (C=O) groups is 2. The summed E-state index contributed by atoms with van der Waals surface area (Å²) in [5.74, 6) is -0.716. The maximum Gasteiger partial charge on any atom is 0.407 e. The van der Waals surface area contributed by atoms with Crippen molar-refractivity contribution in [2.75, 3.05) is 6.61 Å². The number of aryl methyl sites for hydroxylation is 1. The number of hydrogen-bond donors (Lipinski definition) is 2. The fraction of sp³-hybridized carbons (Fsp3) is 0.529. The van der Waals surface area contributed by atoms with Gasteiger partial charge in [-0.3, -0.25) is 0 Å². The molecule has 134 valence electrons. The Hall–Kier alpha value is -1.95. The van der Waals surface area contributed by atoms with Gasteiger partial charge in [-0.2, -0.15) is 0 Å². The SMILES string of the molecule is CCc1cc(OC[C@H](C)NC(=O)OC(C)(C)C)cc(C(=O)O)c1Cl. The van der Waals surface area contributed by atoms with Crippen LogP contribution in [0.25, 0.3) is 0 Å². The Labute approximate surface area is 147 Å². The third-order valence-electron chi connectivity index (χ3n) is 3.00. The lowest BCUT2D eigenvalue weighted by molar-refractivity contribution is 0.0493. The van der Waals surface area contributed by atoms with Gasteiger partial charge in [-0.05, 0) is 51.8 Å². The molecule has 1 aromatic carbocycles. The van der Waals surface area contributed by atoms with Crippen molar-refractivity contribution in [2.45, 2.75) is 52.7 Å². The molecule has 0 aliphatic carbocycles. The van der Waals surface area contributed by atoms with E-state index in [2.05, 4.69) is 5.32 Å². The number of halogens is 1. The van der Waals surface area contributed by atoms with Crippen LogP contribution < -0.4 is 10.1 Å². The van der Waals surface area contributed by atoms with E-state index in [1.165, 1.54) is 6.07 Å². The number of rotatable bonds is 6. The molecule has 24 heavy (non-hydrogen) atoms. The van der Waals surface area contributed by atoms with Crippen molar-refractivity contribution in [3.8, 4) is 5.75 Å². The molecule has 1 amide bonds. The van der Waals surface area contributed by atoms with Crippen molar-refractivity contribution in [2.24, 2.45) is 0 Å². The average molecular weight is 358 g/mol. The zero-order valence-electron chi connectivity index (χ0n) is 14.6. The zero-order chi connectivity index (χ0) is 18.5. The number of aromatic carboxylic acids is 1. The topological polar surface area (TPSA) is 84.9 Å². The second-order valence-corrected chi connectivity index (χ2v) is 6.84. The Morgan fingerprint density at radius 3 is 2.46 bits per heavy atom. The summed E-state index contributed by atoms with van der Waals surface area (Å²) < 4.78 is 10.8. The summed E-state index contributed by atoms with van der Waals surface area (Å²) in [5.41, 5.74) is 0.117. The van der Waals surface area contributed by atoms with E-state index in [9.17, 15) is 14.7 Å². The first kappa shape index (κ1) is 20.1. The maximum absolute atomic E-state index is 11.7. The lowest BCUT2D eigenvalue weighted by atomic mass is 10.1. The van der Waals surface area contributed by atoms with Crippen molar-refractivity contribution in [3.63, 3.8) is 0 Å². The zero-order valence-corrected chi connectivity index (χ0v) is 15.4. The highest BCUT2D eigenvalue weighted by atomic mass is 35.5. The molecule has 0 unspecified atom stereocenters. The summed E-state index contributed by atoms with van der Waals surface area (Å²) in [7, 11) is 0. The number of nitrogens with one attached hydrogen (secondary N) is 1. The number of hydrogen-bond acceptors (Lipinski definition) is 4. The first-order valence-electron chi connectivity index (χ1n) is 7.71. The van der Waals surface area contributed by atoms with E-state index in [0.717, 1.165) is 0 Å². The van der Waals surface area contributed by atoms with E-state index in [1.807, 2.05) is 6.92 Å². The predicted octanol–water partition coefficient (Wildman–Crippen LogP) is 3.89. The molecule has 0 radical (unpaired) electrons. The molecule has 1 rings (SSSR count). The highest BCUT2D eigenvalue weighted by Gasteiger charge is 2.18. The summed E-state index contributed by atoms with van der Waals surface area (Å²) in [6.07, 6.45) is 0.0531. The first-order valence-corrected chi connectivity index (χ1v) is 8.09. The van der Waals surface area contributed by atoms with Gasteiger partial charge in [-0.25, -0.2) is 9.59 Å². The van der Waals surface area contributed by atoms with Crippen LogP contribution in [0.1, 0.15) is 50.5 Å². The average Bonchev–Trinajstić information content (AvgIpc) is 2.43. The summed E-state index contributed by atoms with van der Waals surface area (Å²) >= 11 is 6.06. The molecule has 0 saturated carbocycles. The molecule has 0 heterocycles. The summed E-state index contributed by atoms with van der Waals surface area (Å²) in [5, 5.41) is 12.1. The smallest absolute Gasteiger partial charge is 0.407 e. The summed E-state index contributed by atoms with van der Waals surface area (Å²) in [4.78, 5) is 22.9. The molecular formula is C17H24ClNO5. The van der Waals surface area contributed by atoms with E-state index in [0.29, 0.717) is 17.7 Å². The first-order chi connectivity index (χ1) is 11.0. The number of carboxylic acids is 1. The van der Waals surface area contributed by atoms with Crippen molar-refractivity contribution in [1.82, 2.24) is 5.32 Å². The van der Waals surface area contributed by atoms with Gasteiger partial charge in [0.25, 0.3) is 0 Å². The van der Waals surface area contributed by atoms with Crippen LogP contribution >= 0.6 is 11.6 Å². The Balaban J connectivity index is 2.72. The number of amides is 1. The van der Waals surface area contributed by atoms with Gasteiger partial charge in [-0.1, -0.05) is 18.5 Å². The van der Waals surface area contributed by atoms with E-state index in [-0.39, 0.29) is 23.2 Å². The normalized spacial score (nSPS) is 12.4. The lowest BCUT2D eigenvalue weighted by Gasteiger charge is -2.22. The Morgan fingerprint density at radius 2 is 1.96 bits per heavy atom. The van der Waals surface area contributed by atoms with Crippen LogP contribution in [0, 0.1) is 0 Å². The largest absolute Gasteiger partial charge is 0.491 e. The number of alkyl carbamates (subject to hydrolysis) is 1. The fourth-order valence-electron chi connectivity index (χ4n) is 1.92. The molecule has 1 aromatic rings. The minimum Gasteiger partial charge on any atom is -0.491 e. The second kappa shape index (κ2) is 8.24. The Bertz CT molecular complexity index is 610. The van der Waals surface area contributed by atoms with Crippen molar-refractivity contribution in [1.29, 1.82) is 0 Å². The number of ether oxygens (including phenoxy) is 2. The highest BCUT2D eigenvalue weighted by molar-refractivity contribution is 6.34. The molecule has 0 bridgehead atoms. The van der Waals surface area contributed by atoms with Gasteiger partial charge < -0.3 is 19.9 Å². The second-order valence-electron chi connectivity index (χ2n) is 6.46. The molecule has 0 spiro atoms. The molecule has 0 aromatic heterocycles.